The van der Waals surface area contributed by atoms with E-state index < -0.39 is 17.9 Å². The minimum atomic E-state index is -0.645. The quantitative estimate of drug-likeness (QED) is 0.406. The van der Waals surface area contributed by atoms with Crippen molar-refractivity contribution in [2.45, 2.75) is 58.9 Å². The zero-order chi connectivity index (χ0) is 16.7. The van der Waals surface area contributed by atoms with E-state index in [2.05, 4.69) is 0 Å². The largest absolute Gasteiger partial charge is 0.447 e. The van der Waals surface area contributed by atoms with Crippen molar-refractivity contribution in [3.05, 3.63) is 0 Å². The summed E-state index contributed by atoms with van der Waals surface area (Å²) in [6.07, 6.45) is 2.47. The molecule has 7 nitrogen and oxygen atoms in total. The lowest BCUT2D eigenvalue weighted by atomic mass is 9.94. The summed E-state index contributed by atoms with van der Waals surface area (Å²) in [4.78, 5) is 37.1. The van der Waals surface area contributed by atoms with Crippen LogP contribution in [-0.4, -0.2) is 40.7 Å². The molecule has 0 saturated carbocycles. The average Bonchev–Trinajstić information content (AvgIpc) is 2.87. The highest BCUT2D eigenvalue weighted by atomic mass is 16.6. The summed E-state index contributed by atoms with van der Waals surface area (Å²) < 4.78 is 4.98. The van der Waals surface area contributed by atoms with Crippen LogP contribution in [0.3, 0.4) is 0 Å². The third-order valence-electron chi connectivity index (χ3n) is 3.97. The standard InChI is InChI=1S/C15H26N2O5/c1-4-5-6-7-11(8-13(18)16-21)14(19)17-12(10(2)3)9-22-15(17)20/h10-12,21H,4-9H2,1-3H3,(H,16,18). The fraction of sp³-hybridized carbons (Fsp3) is 0.800. The first-order valence-electron chi connectivity index (χ1n) is 7.85. The van der Waals surface area contributed by atoms with E-state index in [4.69, 9.17) is 9.94 Å². The fourth-order valence-corrected chi connectivity index (χ4v) is 2.60. The maximum atomic E-state index is 12.7. The Hall–Kier alpha value is -1.63. The van der Waals surface area contributed by atoms with Crippen molar-refractivity contribution in [3.8, 4) is 0 Å². The van der Waals surface area contributed by atoms with Gasteiger partial charge in [-0.15, -0.1) is 0 Å². The number of cyclic esters (lactones) is 1. The minimum Gasteiger partial charge on any atom is -0.447 e. The molecule has 1 aliphatic rings. The molecule has 22 heavy (non-hydrogen) atoms. The van der Waals surface area contributed by atoms with Crippen LogP contribution < -0.4 is 5.48 Å². The highest BCUT2D eigenvalue weighted by molar-refractivity contribution is 5.96. The molecule has 0 aromatic heterocycles. The number of hydroxylamine groups is 1. The van der Waals surface area contributed by atoms with Crippen LogP contribution in [0.15, 0.2) is 0 Å². The third kappa shape index (κ3) is 4.69. The smallest absolute Gasteiger partial charge is 0.416 e. The molecule has 0 radical (unpaired) electrons. The monoisotopic (exact) mass is 314 g/mol. The predicted octanol–water partition coefficient (Wildman–Crippen LogP) is 2.08. The Labute approximate surface area is 130 Å². The summed E-state index contributed by atoms with van der Waals surface area (Å²) in [5.41, 5.74) is 1.55. The molecule has 2 unspecified atom stereocenters. The summed E-state index contributed by atoms with van der Waals surface area (Å²) in [5.74, 6) is -1.55. The molecule has 2 N–H and O–H groups in total. The van der Waals surface area contributed by atoms with Crippen LogP contribution >= 0.6 is 0 Å². The number of nitrogens with one attached hydrogen (secondary N) is 1. The van der Waals surface area contributed by atoms with E-state index in [9.17, 15) is 14.4 Å². The second kappa shape index (κ2) is 8.73. The molecule has 0 spiro atoms. The molecule has 1 saturated heterocycles. The lowest BCUT2D eigenvalue weighted by Crippen LogP contribution is -2.45. The molecule has 7 heteroatoms. The normalized spacial score (nSPS) is 19.2. The van der Waals surface area contributed by atoms with E-state index in [0.717, 1.165) is 24.2 Å². The zero-order valence-corrected chi connectivity index (χ0v) is 13.5. The van der Waals surface area contributed by atoms with Gasteiger partial charge in [-0.25, -0.2) is 15.2 Å². The van der Waals surface area contributed by atoms with Crippen LogP contribution in [-0.2, 0) is 14.3 Å². The van der Waals surface area contributed by atoms with Crippen LogP contribution in [0.2, 0.25) is 0 Å². The van der Waals surface area contributed by atoms with Crippen molar-refractivity contribution >= 4 is 17.9 Å². The maximum Gasteiger partial charge on any atom is 0.416 e. The maximum absolute atomic E-state index is 12.7. The van der Waals surface area contributed by atoms with Crippen LogP contribution in [0, 0.1) is 11.8 Å². The van der Waals surface area contributed by atoms with Crippen LogP contribution in [0.5, 0.6) is 0 Å². The number of imide groups is 1. The van der Waals surface area contributed by atoms with Gasteiger partial charge in [-0.3, -0.25) is 14.8 Å². The van der Waals surface area contributed by atoms with Gasteiger partial charge in [0.25, 0.3) is 0 Å². The summed E-state index contributed by atoms with van der Waals surface area (Å²) in [5, 5.41) is 8.68. The van der Waals surface area contributed by atoms with Gasteiger partial charge >= 0.3 is 6.09 Å². The Balaban J connectivity index is 2.83. The number of nitrogens with zero attached hydrogens (tertiary/aromatic N) is 1. The number of unbranched alkanes of at least 4 members (excludes halogenated alkanes) is 2. The number of hydrogen-bond donors (Lipinski definition) is 2. The van der Waals surface area contributed by atoms with E-state index in [1.807, 2.05) is 20.8 Å². The summed E-state index contributed by atoms with van der Waals surface area (Å²) >= 11 is 0. The topological polar surface area (TPSA) is 95.9 Å². The second-order valence-electron chi connectivity index (χ2n) is 6.03. The number of hydrogen-bond acceptors (Lipinski definition) is 5. The Bertz CT molecular complexity index is 411. The molecule has 0 bridgehead atoms. The first-order valence-corrected chi connectivity index (χ1v) is 7.85. The Morgan fingerprint density at radius 1 is 1.41 bits per heavy atom. The summed E-state index contributed by atoms with van der Waals surface area (Å²) in [6.45, 7) is 6.07. The first-order chi connectivity index (χ1) is 10.4. The third-order valence-corrected chi connectivity index (χ3v) is 3.97. The van der Waals surface area contributed by atoms with Crippen molar-refractivity contribution in [2.75, 3.05) is 6.61 Å². The minimum absolute atomic E-state index is 0.0818. The van der Waals surface area contributed by atoms with Crippen LogP contribution in [0.4, 0.5) is 4.79 Å². The van der Waals surface area contributed by atoms with Gasteiger partial charge in [-0.2, -0.15) is 0 Å². The molecule has 1 rings (SSSR count). The Kier molecular flexibility index (Phi) is 7.31. The van der Waals surface area contributed by atoms with Crippen LogP contribution in [0.1, 0.15) is 52.9 Å². The van der Waals surface area contributed by atoms with E-state index in [-0.39, 0.29) is 30.9 Å². The number of rotatable bonds is 8. The first kappa shape index (κ1) is 18.4. The number of ether oxygens (including phenoxy) is 1. The lowest BCUT2D eigenvalue weighted by Gasteiger charge is -2.26. The van der Waals surface area contributed by atoms with Gasteiger partial charge in [0.1, 0.15) is 6.61 Å². The van der Waals surface area contributed by atoms with Gasteiger partial charge < -0.3 is 4.74 Å². The molecule has 0 aromatic rings. The molecule has 0 aromatic carbocycles. The van der Waals surface area contributed by atoms with Crippen molar-refractivity contribution in [2.24, 2.45) is 11.8 Å². The molecule has 1 fully saturated rings. The molecule has 0 aliphatic carbocycles. The van der Waals surface area contributed by atoms with E-state index in [0.29, 0.717) is 6.42 Å². The van der Waals surface area contributed by atoms with E-state index >= 15 is 0 Å². The van der Waals surface area contributed by atoms with Gasteiger partial charge in [0.15, 0.2) is 0 Å². The van der Waals surface area contributed by atoms with Gasteiger partial charge in [-0.05, 0) is 12.3 Å². The lowest BCUT2D eigenvalue weighted by molar-refractivity contribution is -0.139. The van der Waals surface area contributed by atoms with E-state index in [1.165, 1.54) is 0 Å². The van der Waals surface area contributed by atoms with Crippen molar-refractivity contribution in [1.29, 1.82) is 0 Å². The van der Waals surface area contributed by atoms with Gasteiger partial charge in [0, 0.05) is 12.3 Å². The fourth-order valence-electron chi connectivity index (χ4n) is 2.60. The Morgan fingerprint density at radius 2 is 2.09 bits per heavy atom. The van der Waals surface area contributed by atoms with E-state index in [1.54, 1.807) is 5.48 Å². The summed E-state index contributed by atoms with van der Waals surface area (Å²) in [7, 11) is 0. The molecule has 1 heterocycles. The average molecular weight is 314 g/mol. The van der Waals surface area contributed by atoms with Gasteiger partial charge in [0.05, 0.1) is 6.04 Å². The van der Waals surface area contributed by atoms with Gasteiger partial charge in [-0.1, -0.05) is 40.0 Å². The highest BCUT2D eigenvalue weighted by Crippen LogP contribution is 2.25. The molecule has 3 amide bonds. The molecule has 126 valence electrons. The zero-order valence-electron chi connectivity index (χ0n) is 13.5. The molecule has 2 atom stereocenters. The second-order valence-corrected chi connectivity index (χ2v) is 6.03. The SMILES string of the molecule is CCCCCC(CC(=O)NO)C(=O)N1C(=O)OCC1C(C)C. The number of carbonyl (C=O) groups is 3. The van der Waals surface area contributed by atoms with Crippen LogP contribution in [0.25, 0.3) is 0 Å². The van der Waals surface area contributed by atoms with Crippen molar-refractivity contribution in [3.63, 3.8) is 0 Å². The molecular formula is C15H26N2O5. The predicted molar refractivity (Wildman–Crippen MR) is 79.0 cm³/mol. The summed E-state index contributed by atoms with van der Waals surface area (Å²) in [6, 6.07) is -0.300. The molecular weight excluding hydrogens is 288 g/mol. The van der Waals surface area contributed by atoms with Crippen molar-refractivity contribution < 1.29 is 24.3 Å². The Morgan fingerprint density at radius 3 is 2.64 bits per heavy atom. The highest BCUT2D eigenvalue weighted by Gasteiger charge is 2.42. The van der Waals surface area contributed by atoms with Crippen molar-refractivity contribution in [1.82, 2.24) is 10.4 Å². The molecule has 1 aliphatic heterocycles. The van der Waals surface area contributed by atoms with Gasteiger partial charge in [0.2, 0.25) is 11.8 Å². The number of carbonyl (C=O) groups excluding carboxylic acids is 3. The number of amides is 3.